The van der Waals surface area contributed by atoms with E-state index in [2.05, 4.69) is 4.99 Å². The van der Waals surface area contributed by atoms with Crippen molar-refractivity contribution in [2.45, 2.75) is 6.42 Å². The minimum Gasteiger partial charge on any atom is -0.508 e. The molecule has 21 heavy (non-hydrogen) atoms. The summed E-state index contributed by atoms with van der Waals surface area (Å²) in [5.74, 6) is -0.414. The lowest BCUT2D eigenvalue weighted by Gasteiger charge is -2.23. The summed E-state index contributed by atoms with van der Waals surface area (Å²) < 4.78 is 0. The Bertz CT molecular complexity index is 617. The van der Waals surface area contributed by atoms with Crippen LogP contribution in [-0.2, 0) is 9.59 Å². The smallest absolute Gasteiger partial charge is 0.202 e. The number of aliphatic hydroxyl groups excluding tert-OH is 1. The van der Waals surface area contributed by atoms with E-state index in [0.29, 0.717) is 11.4 Å². The molecule has 0 aromatic heterocycles. The molecule has 0 heterocycles. The Morgan fingerprint density at radius 2 is 1.90 bits per heavy atom. The van der Waals surface area contributed by atoms with Crippen LogP contribution in [0.4, 0.5) is 5.69 Å². The Labute approximate surface area is 122 Å². The summed E-state index contributed by atoms with van der Waals surface area (Å²) in [5, 5.41) is 18.1. The van der Waals surface area contributed by atoms with Crippen LogP contribution in [0.1, 0.15) is 6.42 Å². The van der Waals surface area contributed by atoms with Crippen LogP contribution < -0.4 is 0 Å². The van der Waals surface area contributed by atoms with Crippen molar-refractivity contribution in [2.75, 3.05) is 20.2 Å². The predicted molar refractivity (Wildman–Crippen MR) is 77.6 cm³/mol. The fraction of sp³-hybridized carbons (Fsp3) is 0.267. The number of aliphatic imine (C=N–C) groups is 1. The number of aromatic hydroxyl groups is 1. The molecule has 0 unspecified atom stereocenters. The summed E-state index contributed by atoms with van der Waals surface area (Å²) in [6, 6.07) is 6.06. The van der Waals surface area contributed by atoms with E-state index in [1.165, 1.54) is 18.2 Å². The van der Waals surface area contributed by atoms with E-state index < -0.39 is 0 Å². The summed E-state index contributed by atoms with van der Waals surface area (Å²) in [6.07, 6.45) is 1.18. The van der Waals surface area contributed by atoms with Gasteiger partial charge in [-0.25, -0.2) is 4.99 Å². The van der Waals surface area contributed by atoms with Crippen molar-refractivity contribution in [3.63, 3.8) is 0 Å². The first-order valence-electron chi connectivity index (χ1n) is 6.49. The molecule has 2 rings (SSSR count). The second-order valence-corrected chi connectivity index (χ2v) is 4.71. The fourth-order valence-corrected chi connectivity index (χ4v) is 1.99. The van der Waals surface area contributed by atoms with Crippen molar-refractivity contribution in [2.24, 2.45) is 4.99 Å². The number of hydrogen-bond acceptors (Lipinski definition) is 6. The van der Waals surface area contributed by atoms with E-state index in [-0.39, 0.29) is 42.6 Å². The molecule has 0 radical (unpaired) electrons. The highest BCUT2D eigenvalue weighted by Gasteiger charge is 2.26. The number of Topliss-reactive ketones (excluding diaryl/α,β-unsaturated/α-hetero) is 1. The highest BCUT2D eigenvalue weighted by molar-refractivity contribution is 6.50. The number of benzene rings is 1. The van der Waals surface area contributed by atoms with Crippen molar-refractivity contribution in [1.29, 1.82) is 0 Å². The first kappa shape index (κ1) is 14.9. The monoisotopic (exact) mass is 288 g/mol. The maximum atomic E-state index is 12.0. The van der Waals surface area contributed by atoms with Gasteiger partial charge in [-0.1, -0.05) is 0 Å². The highest BCUT2D eigenvalue weighted by Crippen LogP contribution is 2.20. The number of hydrogen-bond donors (Lipinski definition) is 2. The minimum atomic E-state index is -0.317. The first-order chi connectivity index (χ1) is 10.0. The van der Waals surface area contributed by atoms with Crippen molar-refractivity contribution >= 4 is 23.0 Å². The number of rotatable bonds is 4. The third kappa shape index (κ3) is 3.55. The molecule has 1 aromatic rings. The molecule has 1 aromatic carbocycles. The average molecular weight is 288 g/mol. The molecule has 0 amide bonds. The third-order valence-electron chi connectivity index (χ3n) is 3.13. The van der Waals surface area contributed by atoms with E-state index in [4.69, 9.17) is 5.11 Å². The van der Waals surface area contributed by atoms with Crippen LogP contribution in [0.5, 0.6) is 5.75 Å². The maximum absolute atomic E-state index is 12.0. The Morgan fingerprint density at radius 3 is 2.52 bits per heavy atom. The Hall–Kier alpha value is -2.47. The van der Waals surface area contributed by atoms with Crippen LogP contribution in [-0.4, -0.2) is 52.6 Å². The molecule has 0 atom stereocenters. The van der Waals surface area contributed by atoms with E-state index in [9.17, 15) is 14.7 Å². The van der Waals surface area contributed by atoms with Gasteiger partial charge in [-0.15, -0.1) is 0 Å². The molecule has 6 nitrogen and oxygen atoms in total. The van der Waals surface area contributed by atoms with E-state index in [1.807, 2.05) is 0 Å². The number of carbonyl (C=O) groups is 2. The number of carbonyl (C=O) groups excluding carboxylic acids is 2. The summed E-state index contributed by atoms with van der Waals surface area (Å²) in [5.41, 5.74) is 0.968. The predicted octanol–water partition coefficient (Wildman–Crippen LogP) is 0.815. The van der Waals surface area contributed by atoms with Crippen molar-refractivity contribution < 1.29 is 19.8 Å². The van der Waals surface area contributed by atoms with Gasteiger partial charge in [-0.2, -0.15) is 0 Å². The second kappa shape index (κ2) is 6.32. The lowest BCUT2D eigenvalue weighted by Crippen LogP contribution is -2.33. The fourth-order valence-electron chi connectivity index (χ4n) is 1.99. The largest absolute Gasteiger partial charge is 0.508 e. The third-order valence-corrected chi connectivity index (χ3v) is 3.13. The van der Waals surface area contributed by atoms with Crippen molar-refractivity contribution in [1.82, 2.24) is 4.90 Å². The minimum absolute atomic E-state index is 0.0681. The topological polar surface area (TPSA) is 90.2 Å². The van der Waals surface area contributed by atoms with Crippen LogP contribution in [0.2, 0.25) is 0 Å². The molecule has 6 heteroatoms. The van der Waals surface area contributed by atoms with Gasteiger partial charge in [0, 0.05) is 19.7 Å². The van der Waals surface area contributed by atoms with E-state index in [1.54, 1.807) is 24.1 Å². The molecule has 0 aliphatic heterocycles. The molecule has 0 spiro atoms. The standard InChI is InChI=1S/C15H16N2O4/c1-17(6-7-18)13-9-14(20)12(8-15(13)21)16-10-2-4-11(19)5-3-10/h2-5,9,18-19H,6-8H2,1H3. The number of phenolic OH excluding ortho intramolecular Hbond substituents is 1. The maximum Gasteiger partial charge on any atom is 0.202 e. The zero-order chi connectivity index (χ0) is 15.4. The Kier molecular flexibility index (Phi) is 4.49. The molecule has 0 bridgehead atoms. The number of aliphatic hydroxyl groups is 1. The van der Waals surface area contributed by atoms with Gasteiger partial charge >= 0.3 is 0 Å². The second-order valence-electron chi connectivity index (χ2n) is 4.71. The lowest BCUT2D eigenvalue weighted by atomic mass is 9.99. The Balaban J connectivity index is 2.24. The quantitative estimate of drug-likeness (QED) is 0.856. The van der Waals surface area contributed by atoms with Gasteiger partial charge in [0.2, 0.25) is 5.78 Å². The zero-order valence-corrected chi connectivity index (χ0v) is 11.6. The summed E-state index contributed by atoms with van der Waals surface area (Å²) in [6.45, 7) is 0.194. The summed E-state index contributed by atoms with van der Waals surface area (Å²) >= 11 is 0. The molecule has 1 aliphatic rings. The molecule has 110 valence electrons. The molecule has 0 fully saturated rings. The molecular formula is C15H16N2O4. The molecule has 1 aliphatic carbocycles. The molecule has 2 N–H and O–H groups in total. The number of ketones is 2. The van der Waals surface area contributed by atoms with E-state index >= 15 is 0 Å². The number of allylic oxidation sites excluding steroid dienone is 2. The van der Waals surface area contributed by atoms with Gasteiger partial charge in [0.1, 0.15) is 5.75 Å². The first-order valence-corrected chi connectivity index (χ1v) is 6.49. The van der Waals surface area contributed by atoms with Crippen LogP contribution in [0.3, 0.4) is 0 Å². The van der Waals surface area contributed by atoms with E-state index in [0.717, 1.165) is 0 Å². The normalized spacial score (nSPS) is 17.0. The van der Waals surface area contributed by atoms with Crippen LogP contribution >= 0.6 is 0 Å². The van der Waals surface area contributed by atoms with Gasteiger partial charge < -0.3 is 15.1 Å². The molecular weight excluding hydrogens is 272 g/mol. The number of phenols is 1. The Morgan fingerprint density at radius 1 is 1.24 bits per heavy atom. The summed E-state index contributed by atoms with van der Waals surface area (Å²) in [4.78, 5) is 29.8. The average Bonchev–Trinajstić information content (AvgIpc) is 2.45. The highest BCUT2D eigenvalue weighted by atomic mass is 16.3. The van der Waals surface area contributed by atoms with Gasteiger partial charge in [-0.3, -0.25) is 9.59 Å². The summed E-state index contributed by atoms with van der Waals surface area (Å²) in [7, 11) is 1.65. The molecule has 0 saturated carbocycles. The number of nitrogens with zero attached hydrogens (tertiary/aromatic N) is 2. The van der Waals surface area contributed by atoms with Crippen LogP contribution in [0, 0.1) is 0 Å². The SMILES string of the molecule is CN(CCO)C1=CC(=O)C(=Nc2ccc(O)cc2)CC1=O. The van der Waals surface area contributed by atoms with Gasteiger partial charge in [0.05, 0.1) is 30.1 Å². The van der Waals surface area contributed by atoms with Gasteiger partial charge in [-0.05, 0) is 24.3 Å². The number of likely N-dealkylation sites (N-methyl/N-ethyl adjacent to an activating group) is 1. The van der Waals surface area contributed by atoms with Gasteiger partial charge in [0.25, 0.3) is 0 Å². The lowest BCUT2D eigenvalue weighted by molar-refractivity contribution is -0.118. The van der Waals surface area contributed by atoms with Crippen LogP contribution in [0.15, 0.2) is 41.0 Å². The van der Waals surface area contributed by atoms with Gasteiger partial charge in [0.15, 0.2) is 5.78 Å². The zero-order valence-electron chi connectivity index (χ0n) is 11.6. The molecule has 0 saturated heterocycles. The van der Waals surface area contributed by atoms with Crippen LogP contribution in [0.25, 0.3) is 0 Å². The van der Waals surface area contributed by atoms with Crippen molar-refractivity contribution in [3.8, 4) is 5.75 Å². The van der Waals surface area contributed by atoms with Crippen molar-refractivity contribution in [3.05, 3.63) is 36.0 Å².